The lowest BCUT2D eigenvalue weighted by Gasteiger charge is -2.14. The number of carbonyl (C=O) groups is 1. The lowest BCUT2D eigenvalue weighted by atomic mass is 10.2. The van der Waals surface area contributed by atoms with Crippen molar-refractivity contribution in [2.24, 2.45) is 0 Å². The zero-order chi connectivity index (χ0) is 21.3. The van der Waals surface area contributed by atoms with Gasteiger partial charge >= 0.3 is 0 Å². The highest BCUT2D eigenvalue weighted by molar-refractivity contribution is 8.00. The highest BCUT2D eigenvalue weighted by atomic mass is 32.2. The maximum atomic E-state index is 12.6. The Morgan fingerprint density at radius 1 is 0.900 bits per heavy atom. The Kier molecular flexibility index (Phi) is 8.11. The summed E-state index contributed by atoms with van der Waals surface area (Å²) in [5.41, 5.74) is 2.02. The number of anilines is 1. The molecule has 0 aliphatic rings. The van der Waals surface area contributed by atoms with Crippen molar-refractivity contribution in [2.75, 3.05) is 19.5 Å². The molecule has 3 rings (SSSR count). The Morgan fingerprint density at radius 2 is 1.60 bits per heavy atom. The molecule has 1 N–H and O–H groups in total. The van der Waals surface area contributed by atoms with Crippen molar-refractivity contribution in [3.05, 3.63) is 78.4 Å². The molecule has 3 aromatic rings. The molecule has 0 saturated heterocycles. The average molecular weight is 440 g/mol. The number of methoxy groups -OCH3 is 2. The van der Waals surface area contributed by atoms with E-state index >= 15 is 0 Å². The molecule has 4 nitrogen and oxygen atoms in total. The zero-order valence-electron chi connectivity index (χ0n) is 17.3. The van der Waals surface area contributed by atoms with E-state index in [1.165, 1.54) is 22.2 Å². The first-order valence-corrected chi connectivity index (χ1v) is 11.4. The standard InChI is InChI=1S/C24H25NO3S2/c1-17(30-21-13-14-22(27-2)23(15-21)28-3)24(26)25-19-11-9-18(10-12-19)16-29-20-7-5-4-6-8-20/h4-15,17H,16H2,1-3H3,(H,25,26)/t17-/m1/s1. The molecule has 0 spiro atoms. The summed E-state index contributed by atoms with van der Waals surface area (Å²) >= 11 is 3.27. The van der Waals surface area contributed by atoms with E-state index in [1.807, 2.05) is 55.5 Å². The van der Waals surface area contributed by atoms with Crippen LogP contribution >= 0.6 is 23.5 Å². The Labute approximate surface area is 186 Å². The van der Waals surface area contributed by atoms with Crippen LogP contribution in [-0.4, -0.2) is 25.4 Å². The molecule has 1 amide bonds. The maximum absolute atomic E-state index is 12.6. The largest absolute Gasteiger partial charge is 0.493 e. The van der Waals surface area contributed by atoms with Crippen LogP contribution in [0.3, 0.4) is 0 Å². The van der Waals surface area contributed by atoms with Gasteiger partial charge in [-0.1, -0.05) is 30.3 Å². The Balaban J connectivity index is 1.53. The smallest absolute Gasteiger partial charge is 0.237 e. The zero-order valence-corrected chi connectivity index (χ0v) is 18.9. The van der Waals surface area contributed by atoms with E-state index in [0.717, 1.165) is 16.3 Å². The lowest BCUT2D eigenvalue weighted by molar-refractivity contribution is -0.115. The Bertz CT molecular complexity index is 962. The van der Waals surface area contributed by atoms with Crippen LogP contribution in [-0.2, 0) is 10.5 Å². The topological polar surface area (TPSA) is 47.6 Å². The van der Waals surface area contributed by atoms with Gasteiger partial charge in [-0.05, 0) is 55.0 Å². The molecular weight excluding hydrogens is 414 g/mol. The summed E-state index contributed by atoms with van der Waals surface area (Å²) in [6, 6.07) is 24.0. The van der Waals surface area contributed by atoms with Crippen LogP contribution in [0, 0.1) is 0 Å². The molecule has 3 aromatic carbocycles. The molecular formula is C24H25NO3S2. The molecule has 0 heterocycles. The van der Waals surface area contributed by atoms with Gasteiger partial charge in [0, 0.05) is 21.2 Å². The second kappa shape index (κ2) is 11.0. The average Bonchev–Trinajstić information content (AvgIpc) is 2.79. The van der Waals surface area contributed by atoms with Crippen molar-refractivity contribution in [3.8, 4) is 11.5 Å². The van der Waals surface area contributed by atoms with Crippen molar-refractivity contribution < 1.29 is 14.3 Å². The summed E-state index contributed by atoms with van der Waals surface area (Å²) in [6.45, 7) is 1.89. The van der Waals surface area contributed by atoms with Crippen molar-refractivity contribution >= 4 is 35.1 Å². The molecule has 0 saturated carbocycles. The van der Waals surface area contributed by atoms with Gasteiger partial charge in [0.05, 0.1) is 19.5 Å². The molecule has 156 valence electrons. The van der Waals surface area contributed by atoms with Gasteiger partial charge < -0.3 is 14.8 Å². The number of hydrogen-bond donors (Lipinski definition) is 1. The minimum atomic E-state index is -0.253. The number of ether oxygens (including phenoxy) is 2. The van der Waals surface area contributed by atoms with E-state index in [4.69, 9.17) is 9.47 Å². The Morgan fingerprint density at radius 3 is 2.27 bits per heavy atom. The summed E-state index contributed by atoms with van der Waals surface area (Å²) in [4.78, 5) is 14.8. The van der Waals surface area contributed by atoms with E-state index in [-0.39, 0.29) is 11.2 Å². The van der Waals surface area contributed by atoms with Crippen molar-refractivity contribution in [2.45, 2.75) is 27.7 Å². The molecule has 0 unspecified atom stereocenters. The number of nitrogens with one attached hydrogen (secondary N) is 1. The van der Waals surface area contributed by atoms with Gasteiger partial charge in [0.25, 0.3) is 0 Å². The highest BCUT2D eigenvalue weighted by Gasteiger charge is 2.16. The van der Waals surface area contributed by atoms with Crippen LogP contribution in [0.2, 0.25) is 0 Å². The summed E-state index contributed by atoms with van der Waals surface area (Å²) in [6.07, 6.45) is 0. The third-order valence-electron chi connectivity index (χ3n) is 4.41. The van der Waals surface area contributed by atoms with Gasteiger partial charge in [-0.3, -0.25) is 4.79 Å². The van der Waals surface area contributed by atoms with Crippen LogP contribution in [0.1, 0.15) is 12.5 Å². The quantitative estimate of drug-likeness (QED) is 0.407. The molecule has 1 atom stereocenters. The fourth-order valence-corrected chi connectivity index (χ4v) is 4.53. The first-order valence-electron chi connectivity index (χ1n) is 9.55. The number of thioether (sulfide) groups is 2. The van der Waals surface area contributed by atoms with E-state index in [0.29, 0.717) is 11.5 Å². The number of carbonyl (C=O) groups excluding carboxylic acids is 1. The van der Waals surface area contributed by atoms with E-state index in [9.17, 15) is 4.79 Å². The number of benzene rings is 3. The van der Waals surface area contributed by atoms with Gasteiger partial charge in [-0.15, -0.1) is 23.5 Å². The molecule has 0 radical (unpaired) electrons. The molecule has 0 aromatic heterocycles. The third kappa shape index (κ3) is 6.21. The van der Waals surface area contributed by atoms with Crippen LogP contribution in [0.15, 0.2) is 82.6 Å². The SMILES string of the molecule is COc1ccc(S[C@H](C)C(=O)Nc2ccc(CSc3ccccc3)cc2)cc1OC. The predicted octanol–water partition coefficient (Wildman–Crippen LogP) is 6.12. The fourth-order valence-electron chi connectivity index (χ4n) is 2.76. The molecule has 6 heteroatoms. The lowest BCUT2D eigenvalue weighted by Crippen LogP contribution is -2.22. The summed E-state index contributed by atoms with van der Waals surface area (Å²) < 4.78 is 10.6. The minimum Gasteiger partial charge on any atom is -0.493 e. The minimum absolute atomic E-state index is 0.0406. The molecule has 0 aliphatic carbocycles. The van der Waals surface area contributed by atoms with Crippen LogP contribution in [0.25, 0.3) is 0 Å². The second-order valence-electron chi connectivity index (χ2n) is 6.56. The summed E-state index contributed by atoms with van der Waals surface area (Å²) in [5.74, 6) is 2.17. The fraction of sp³-hybridized carbons (Fsp3) is 0.208. The van der Waals surface area contributed by atoms with Crippen molar-refractivity contribution in [3.63, 3.8) is 0 Å². The predicted molar refractivity (Wildman–Crippen MR) is 126 cm³/mol. The van der Waals surface area contributed by atoms with Gasteiger partial charge in [0.15, 0.2) is 11.5 Å². The Hall–Kier alpha value is -2.57. The van der Waals surface area contributed by atoms with Crippen molar-refractivity contribution in [1.82, 2.24) is 0 Å². The maximum Gasteiger partial charge on any atom is 0.237 e. The van der Waals surface area contributed by atoms with E-state index in [2.05, 4.69) is 29.6 Å². The first kappa shape index (κ1) is 22.1. The molecule has 30 heavy (non-hydrogen) atoms. The van der Waals surface area contributed by atoms with Crippen LogP contribution in [0.4, 0.5) is 5.69 Å². The number of hydrogen-bond acceptors (Lipinski definition) is 5. The molecule has 0 bridgehead atoms. The third-order valence-corrected chi connectivity index (χ3v) is 6.58. The van der Waals surface area contributed by atoms with E-state index in [1.54, 1.807) is 26.0 Å². The van der Waals surface area contributed by atoms with Gasteiger partial charge in [0.2, 0.25) is 5.91 Å². The van der Waals surface area contributed by atoms with Gasteiger partial charge in [0.1, 0.15) is 0 Å². The van der Waals surface area contributed by atoms with Crippen LogP contribution in [0.5, 0.6) is 11.5 Å². The summed E-state index contributed by atoms with van der Waals surface area (Å²) in [7, 11) is 3.21. The normalized spacial score (nSPS) is 11.6. The first-order chi connectivity index (χ1) is 14.6. The highest BCUT2D eigenvalue weighted by Crippen LogP contribution is 2.33. The van der Waals surface area contributed by atoms with Gasteiger partial charge in [-0.25, -0.2) is 0 Å². The monoisotopic (exact) mass is 439 g/mol. The number of rotatable bonds is 9. The van der Waals surface area contributed by atoms with E-state index < -0.39 is 0 Å². The molecule has 0 aliphatic heterocycles. The summed E-state index contributed by atoms with van der Waals surface area (Å²) in [5, 5.41) is 2.74. The van der Waals surface area contributed by atoms with Gasteiger partial charge in [-0.2, -0.15) is 0 Å². The van der Waals surface area contributed by atoms with Crippen molar-refractivity contribution in [1.29, 1.82) is 0 Å². The second-order valence-corrected chi connectivity index (χ2v) is 9.03. The molecule has 0 fully saturated rings. The van der Waals surface area contributed by atoms with Crippen LogP contribution < -0.4 is 14.8 Å². The number of amides is 1.